The summed E-state index contributed by atoms with van der Waals surface area (Å²) in [7, 11) is 0. The van der Waals surface area contributed by atoms with Crippen molar-refractivity contribution in [1.29, 1.82) is 0 Å². The maximum Gasteiger partial charge on any atom is 0.255 e. The van der Waals surface area contributed by atoms with Crippen LogP contribution in [0.4, 0.5) is 0 Å². The number of fused-ring (bicyclic) bond motifs is 1. The van der Waals surface area contributed by atoms with Gasteiger partial charge in [0.1, 0.15) is 17.3 Å². The lowest BCUT2D eigenvalue weighted by Crippen LogP contribution is -2.35. The van der Waals surface area contributed by atoms with Gasteiger partial charge in [0.2, 0.25) is 0 Å². The van der Waals surface area contributed by atoms with Gasteiger partial charge in [-0.15, -0.1) is 0 Å². The maximum absolute atomic E-state index is 13.0. The van der Waals surface area contributed by atoms with E-state index in [-0.39, 0.29) is 5.56 Å². The highest BCUT2D eigenvalue weighted by atomic mass is 16.3. The monoisotopic (exact) mass is 464 g/mol. The first kappa shape index (κ1) is 21.2. The first-order valence-electron chi connectivity index (χ1n) is 11.6. The molecule has 8 heteroatoms. The average molecular weight is 465 g/mol. The van der Waals surface area contributed by atoms with Crippen molar-refractivity contribution in [1.82, 2.24) is 29.6 Å². The molecule has 0 aliphatic carbocycles. The quantitative estimate of drug-likeness (QED) is 0.420. The number of benzene rings is 1. The van der Waals surface area contributed by atoms with Gasteiger partial charge in [0.25, 0.3) is 5.56 Å². The fourth-order valence-corrected chi connectivity index (χ4v) is 4.50. The zero-order chi connectivity index (χ0) is 23.8. The molecule has 5 heterocycles. The highest BCUT2D eigenvalue weighted by Crippen LogP contribution is 2.28. The molecule has 0 saturated carbocycles. The molecule has 1 N–H and O–H groups in total. The lowest BCUT2D eigenvalue weighted by Gasteiger charge is -2.27. The Kier molecular flexibility index (Phi) is 5.35. The molecule has 0 bridgehead atoms. The van der Waals surface area contributed by atoms with Gasteiger partial charge in [0, 0.05) is 55.8 Å². The zero-order valence-corrected chi connectivity index (χ0v) is 19.3. The molecule has 8 nitrogen and oxygen atoms in total. The van der Waals surface area contributed by atoms with Gasteiger partial charge in [-0.2, -0.15) is 5.10 Å². The van der Waals surface area contributed by atoms with Crippen LogP contribution in [0, 0.1) is 6.92 Å². The van der Waals surface area contributed by atoms with E-state index in [1.54, 1.807) is 12.4 Å². The summed E-state index contributed by atoms with van der Waals surface area (Å²) in [6, 6.07) is 17.7. The predicted octanol–water partition coefficient (Wildman–Crippen LogP) is 4.14. The lowest BCUT2D eigenvalue weighted by atomic mass is 10.1. The topological polar surface area (TPSA) is 92.8 Å². The minimum Gasteiger partial charge on any atom is -0.460 e. The lowest BCUT2D eigenvalue weighted by molar-refractivity contribution is 0.242. The molecular formula is C27H24N6O2. The van der Waals surface area contributed by atoms with Crippen LogP contribution < -0.4 is 5.56 Å². The number of nitrogens with one attached hydrogen (secondary N) is 1. The molecule has 0 unspecified atom stereocenters. The molecule has 4 aromatic heterocycles. The van der Waals surface area contributed by atoms with Gasteiger partial charge in [-0.05, 0) is 43.3 Å². The van der Waals surface area contributed by atoms with Crippen LogP contribution in [-0.4, -0.2) is 36.2 Å². The summed E-state index contributed by atoms with van der Waals surface area (Å²) in [6.45, 7) is 3.89. The minimum absolute atomic E-state index is 0.0968. The second kappa shape index (κ2) is 8.81. The minimum atomic E-state index is -0.0968. The van der Waals surface area contributed by atoms with Crippen LogP contribution >= 0.6 is 0 Å². The predicted molar refractivity (Wildman–Crippen MR) is 132 cm³/mol. The Bertz CT molecular complexity index is 1540. The van der Waals surface area contributed by atoms with Crippen molar-refractivity contribution in [3.63, 3.8) is 0 Å². The smallest absolute Gasteiger partial charge is 0.255 e. The molecule has 0 atom stereocenters. The van der Waals surface area contributed by atoms with Crippen LogP contribution in [0.15, 0.2) is 82.4 Å². The average Bonchev–Trinajstić information content (AvgIpc) is 3.51. The van der Waals surface area contributed by atoms with Crippen LogP contribution in [0.3, 0.4) is 0 Å². The van der Waals surface area contributed by atoms with Crippen molar-refractivity contribution in [2.24, 2.45) is 0 Å². The molecule has 6 rings (SSSR count). The van der Waals surface area contributed by atoms with E-state index in [9.17, 15) is 4.79 Å². The van der Waals surface area contributed by atoms with Gasteiger partial charge in [0.15, 0.2) is 5.76 Å². The first-order chi connectivity index (χ1) is 17.1. The standard InChI is InChI=1S/C27H24N6O2/c1-18-9-10-24(35-18)25-20(16-33(31-25)21-7-3-2-4-8-21)15-32-13-11-23-22(17-32)27(34)30-26(29-23)19-6-5-12-28-14-19/h2-10,12,14,16H,11,13,15,17H2,1H3,(H,29,30,34). The van der Waals surface area contributed by atoms with Gasteiger partial charge in [0.05, 0.1) is 16.9 Å². The first-order valence-corrected chi connectivity index (χ1v) is 11.6. The van der Waals surface area contributed by atoms with Crippen LogP contribution in [0.1, 0.15) is 22.6 Å². The molecule has 0 spiro atoms. The fraction of sp³-hybridized carbons (Fsp3) is 0.185. The number of rotatable bonds is 5. The largest absolute Gasteiger partial charge is 0.460 e. The summed E-state index contributed by atoms with van der Waals surface area (Å²) >= 11 is 0. The number of aromatic nitrogens is 5. The van der Waals surface area contributed by atoms with E-state index in [1.165, 1.54) is 0 Å². The number of H-pyrrole nitrogens is 1. The Balaban J connectivity index is 1.30. The van der Waals surface area contributed by atoms with E-state index in [0.29, 0.717) is 25.3 Å². The summed E-state index contributed by atoms with van der Waals surface area (Å²) in [5, 5.41) is 4.85. The van der Waals surface area contributed by atoms with Gasteiger partial charge in [-0.25, -0.2) is 9.67 Å². The zero-order valence-electron chi connectivity index (χ0n) is 19.3. The van der Waals surface area contributed by atoms with Crippen molar-refractivity contribution in [3.8, 4) is 28.5 Å². The van der Waals surface area contributed by atoms with Crippen molar-refractivity contribution in [2.45, 2.75) is 26.4 Å². The second-order valence-corrected chi connectivity index (χ2v) is 8.74. The Morgan fingerprint density at radius 3 is 2.74 bits per heavy atom. The third-order valence-electron chi connectivity index (χ3n) is 6.26. The van der Waals surface area contributed by atoms with E-state index < -0.39 is 0 Å². The number of nitrogens with zero attached hydrogens (tertiary/aromatic N) is 5. The highest BCUT2D eigenvalue weighted by molar-refractivity contribution is 5.58. The van der Waals surface area contributed by atoms with Gasteiger partial charge in [-0.3, -0.25) is 14.7 Å². The number of pyridine rings is 1. The third-order valence-corrected chi connectivity index (χ3v) is 6.26. The number of furan rings is 1. The van der Waals surface area contributed by atoms with E-state index in [4.69, 9.17) is 14.5 Å². The van der Waals surface area contributed by atoms with E-state index >= 15 is 0 Å². The summed E-state index contributed by atoms with van der Waals surface area (Å²) < 4.78 is 7.80. The van der Waals surface area contributed by atoms with Crippen molar-refractivity contribution in [3.05, 3.63) is 106 Å². The van der Waals surface area contributed by atoms with E-state index in [1.807, 2.05) is 72.4 Å². The number of para-hydroxylation sites is 1. The second-order valence-electron chi connectivity index (χ2n) is 8.74. The maximum atomic E-state index is 13.0. The Hall–Kier alpha value is -4.30. The summed E-state index contributed by atoms with van der Waals surface area (Å²) in [5.74, 6) is 2.15. The van der Waals surface area contributed by atoms with E-state index in [2.05, 4.69) is 14.9 Å². The molecule has 0 radical (unpaired) electrons. The highest BCUT2D eigenvalue weighted by Gasteiger charge is 2.24. The molecule has 0 amide bonds. The Morgan fingerprint density at radius 2 is 1.97 bits per heavy atom. The molecule has 174 valence electrons. The molecule has 1 aromatic carbocycles. The number of aryl methyl sites for hydroxylation is 1. The molecule has 1 aliphatic heterocycles. The number of aromatic amines is 1. The normalized spacial score (nSPS) is 13.6. The van der Waals surface area contributed by atoms with Crippen molar-refractivity contribution < 1.29 is 4.42 Å². The van der Waals surface area contributed by atoms with Crippen LogP contribution in [-0.2, 0) is 19.5 Å². The summed E-state index contributed by atoms with van der Waals surface area (Å²) in [4.78, 5) is 27.0. The molecule has 0 fully saturated rings. The molecule has 35 heavy (non-hydrogen) atoms. The molecule has 1 aliphatic rings. The Labute approximate surface area is 201 Å². The summed E-state index contributed by atoms with van der Waals surface area (Å²) in [6.07, 6.45) is 6.17. The molecular weight excluding hydrogens is 440 g/mol. The molecule has 5 aromatic rings. The SMILES string of the molecule is Cc1ccc(-c2nn(-c3ccccc3)cc2CN2CCc3nc(-c4cccnc4)[nH]c(=O)c3C2)o1. The third kappa shape index (κ3) is 4.20. The van der Waals surface area contributed by atoms with Crippen LogP contribution in [0.5, 0.6) is 0 Å². The van der Waals surface area contributed by atoms with Crippen LogP contribution in [0.25, 0.3) is 28.5 Å². The van der Waals surface area contributed by atoms with Crippen LogP contribution in [0.2, 0.25) is 0 Å². The van der Waals surface area contributed by atoms with Gasteiger partial charge < -0.3 is 9.40 Å². The Morgan fingerprint density at radius 1 is 1.09 bits per heavy atom. The number of hydrogen-bond acceptors (Lipinski definition) is 6. The van der Waals surface area contributed by atoms with Crippen molar-refractivity contribution in [2.75, 3.05) is 6.54 Å². The fourth-order valence-electron chi connectivity index (χ4n) is 4.50. The van der Waals surface area contributed by atoms with Gasteiger partial charge in [-0.1, -0.05) is 18.2 Å². The van der Waals surface area contributed by atoms with E-state index in [0.717, 1.165) is 51.8 Å². The van der Waals surface area contributed by atoms with Gasteiger partial charge >= 0.3 is 0 Å². The molecule has 0 saturated heterocycles. The number of hydrogen-bond donors (Lipinski definition) is 1. The summed E-state index contributed by atoms with van der Waals surface area (Å²) in [5.41, 5.74) is 5.12. The van der Waals surface area contributed by atoms with Crippen molar-refractivity contribution >= 4 is 0 Å².